The molecule has 3 nitrogen and oxygen atoms in total. The predicted octanol–water partition coefficient (Wildman–Crippen LogP) is 2.37. The summed E-state index contributed by atoms with van der Waals surface area (Å²) in [6, 6.07) is 8.64. The van der Waals surface area contributed by atoms with E-state index in [9.17, 15) is 5.26 Å². The third-order valence-electron chi connectivity index (χ3n) is 3.75. The van der Waals surface area contributed by atoms with Gasteiger partial charge >= 0.3 is 0 Å². The van der Waals surface area contributed by atoms with Crippen LogP contribution in [-0.4, -0.2) is 9.55 Å². The first-order chi connectivity index (χ1) is 7.67. The van der Waals surface area contributed by atoms with Crippen LogP contribution in [0.1, 0.15) is 18.9 Å². The van der Waals surface area contributed by atoms with Crippen LogP contribution in [0.25, 0.3) is 11.0 Å². The maximum Gasteiger partial charge on any atom is 0.0955 e. The van der Waals surface area contributed by atoms with Gasteiger partial charge in [0, 0.05) is 7.05 Å². The van der Waals surface area contributed by atoms with Crippen LogP contribution in [0.5, 0.6) is 0 Å². The van der Waals surface area contributed by atoms with Gasteiger partial charge in [0.1, 0.15) is 0 Å². The molecule has 1 aromatic heterocycles. The third kappa shape index (κ3) is 1.04. The van der Waals surface area contributed by atoms with Crippen molar-refractivity contribution in [1.82, 2.24) is 9.55 Å². The van der Waals surface area contributed by atoms with Crippen LogP contribution >= 0.6 is 0 Å². The average molecular weight is 211 g/mol. The van der Waals surface area contributed by atoms with Crippen molar-refractivity contribution in [1.29, 1.82) is 5.26 Å². The molecule has 1 saturated carbocycles. The Morgan fingerprint density at radius 3 is 2.94 bits per heavy atom. The van der Waals surface area contributed by atoms with Gasteiger partial charge in [-0.2, -0.15) is 5.26 Å². The summed E-state index contributed by atoms with van der Waals surface area (Å²) in [5.41, 5.74) is 2.97. The maximum atomic E-state index is 9.28. The molecule has 0 N–H and O–H groups in total. The minimum absolute atomic E-state index is 0.244. The fourth-order valence-electron chi connectivity index (χ4n) is 2.46. The van der Waals surface area contributed by atoms with Gasteiger partial charge in [-0.05, 0) is 30.0 Å². The van der Waals surface area contributed by atoms with Crippen LogP contribution in [0.15, 0.2) is 24.5 Å². The van der Waals surface area contributed by atoms with Gasteiger partial charge in [-0.15, -0.1) is 0 Å². The summed E-state index contributed by atoms with van der Waals surface area (Å²) in [5, 5.41) is 9.28. The molecule has 1 aliphatic carbocycles. The molecule has 1 aliphatic rings. The molecule has 2 aromatic rings. The van der Waals surface area contributed by atoms with E-state index in [4.69, 9.17) is 0 Å². The van der Waals surface area contributed by atoms with Crippen molar-refractivity contribution >= 4 is 11.0 Å². The van der Waals surface area contributed by atoms with E-state index in [1.165, 1.54) is 0 Å². The van der Waals surface area contributed by atoms with Gasteiger partial charge in [0.15, 0.2) is 0 Å². The average Bonchev–Trinajstić information content (AvgIpc) is 2.84. The van der Waals surface area contributed by atoms with Gasteiger partial charge in [0.25, 0.3) is 0 Å². The molecular weight excluding hydrogens is 198 g/mol. The first-order valence-corrected chi connectivity index (χ1v) is 5.50. The first-order valence-electron chi connectivity index (χ1n) is 5.50. The molecule has 0 amide bonds. The molecule has 0 saturated heterocycles. The molecule has 2 atom stereocenters. The highest BCUT2D eigenvalue weighted by Crippen LogP contribution is 2.53. The summed E-state index contributed by atoms with van der Waals surface area (Å²) in [5.74, 6) is 0.471. The van der Waals surface area contributed by atoms with Gasteiger partial charge in [0.05, 0.1) is 28.8 Å². The monoisotopic (exact) mass is 211 g/mol. The second-order valence-electron chi connectivity index (χ2n) is 4.75. The Kier molecular flexibility index (Phi) is 1.68. The molecule has 16 heavy (non-hydrogen) atoms. The smallest absolute Gasteiger partial charge is 0.0955 e. The van der Waals surface area contributed by atoms with Gasteiger partial charge in [-0.1, -0.05) is 13.0 Å². The van der Waals surface area contributed by atoms with E-state index in [0.29, 0.717) is 5.92 Å². The second kappa shape index (κ2) is 2.85. The van der Waals surface area contributed by atoms with Crippen LogP contribution < -0.4 is 0 Å². The van der Waals surface area contributed by atoms with Crippen LogP contribution in [-0.2, 0) is 12.5 Å². The van der Waals surface area contributed by atoms with E-state index < -0.39 is 0 Å². The van der Waals surface area contributed by atoms with Gasteiger partial charge in [-0.3, -0.25) is 0 Å². The van der Waals surface area contributed by atoms with E-state index in [2.05, 4.69) is 36.2 Å². The van der Waals surface area contributed by atoms with E-state index in [1.54, 1.807) is 0 Å². The number of imidazole rings is 1. The molecular formula is C13H13N3. The predicted molar refractivity (Wildman–Crippen MR) is 61.8 cm³/mol. The Morgan fingerprint density at radius 2 is 2.31 bits per heavy atom. The normalized spacial score (nSPS) is 27.9. The molecule has 0 aliphatic heterocycles. The number of aryl methyl sites for hydroxylation is 1. The quantitative estimate of drug-likeness (QED) is 0.726. The molecule has 0 bridgehead atoms. The summed E-state index contributed by atoms with van der Waals surface area (Å²) >= 11 is 0. The van der Waals surface area contributed by atoms with Gasteiger partial charge in [-0.25, -0.2) is 4.98 Å². The summed E-state index contributed by atoms with van der Waals surface area (Å²) < 4.78 is 1.99. The standard InChI is InChI=1S/C13H13N3/c1-9-6-13(9,7-14)10-3-4-12-11(5-10)15-8-16(12)2/h3-5,8-9H,6H2,1-2H3. The second-order valence-corrected chi connectivity index (χ2v) is 4.75. The SMILES string of the molecule is CC1CC1(C#N)c1ccc2c(c1)ncn2C. The number of benzene rings is 1. The molecule has 1 fully saturated rings. The lowest BCUT2D eigenvalue weighted by atomic mass is 9.95. The van der Waals surface area contributed by atoms with Crippen molar-refractivity contribution in [2.45, 2.75) is 18.8 Å². The van der Waals surface area contributed by atoms with E-state index >= 15 is 0 Å². The lowest BCUT2D eigenvalue weighted by Gasteiger charge is -2.07. The van der Waals surface area contributed by atoms with Crippen molar-refractivity contribution < 1.29 is 0 Å². The highest BCUT2D eigenvalue weighted by molar-refractivity contribution is 5.77. The Bertz CT molecular complexity index is 605. The fourth-order valence-corrected chi connectivity index (χ4v) is 2.46. The molecule has 0 radical (unpaired) electrons. The zero-order valence-corrected chi connectivity index (χ0v) is 9.44. The maximum absolute atomic E-state index is 9.28. The summed E-state index contributed by atoms with van der Waals surface area (Å²) in [4.78, 5) is 4.33. The highest BCUT2D eigenvalue weighted by Gasteiger charge is 2.53. The number of aromatic nitrogens is 2. The molecule has 3 rings (SSSR count). The van der Waals surface area contributed by atoms with Crippen molar-refractivity contribution in [3.8, 4) is 6.07 Å². The number of nitriles is 1. The van der Waals surface area contributed by atoms with Crippen molar-refractivity contribution in [3.63, 3.8) is 0 Å². The van der Waals surface area contributed by atoms with Crippen LogP contribution in [0.2, 0.25) is 0 Å². The number of nitrogens with zero attached hydrogens (tertiary/aromatic N) is 3. The molecule has 1 aromatic carbocycles. The van der Waals surface area contributed by atoms with Crippen LogP contribution in [0.3, 0.4) is 0 Å². The topological polar surface area (TPSA) is 41.6 Å². The summed E-state index contributed by atoms with van der Waals surface area (Å²) in [7, 11) is 1.98. The fraction of sp³-hybridized carbons (Fsp3) is 0.385. The Morgan fingerprint density at radius 1 is 1.56 bits per heavy atom. The van der Waals surface area contributed by atoms with Crippen molar-refractivity contribution in [2.24, 2.45) is 13.0 Å². The minimum Gasteiger partial charge on any atom is -0.334 e. The van der Waals surface area contributed by atoms with Crippen LogP contribution in [0, 0.1) is 17.2 Å². The van der Waals surface area contributed by atoms with Crippen molar-refractivity contribution in [3.05, 3.63) is 30.1 Å². The number of hydrogen-bond donors (Lipinski definition) is 0. The zero-order chi connectivity index (χ0) is 11.3. The number of fused-ring (bicyclic) bond motifs is 1. The van der Waals surface area contributed by atoms with Gasteiger partial charge < -0.3 is 4.57 Å². The molecule has 0 spiro atoms. The lowest BCUT2D eigenvalue weighted by molar-refractivity contribution is 0.793. The molecule has 2 unspecified atom stereocenters. The van der Waals surface area contributed by atoms with Gasteiger partial charge in [0.2, 0.25) is 0 Å². The van der Waals surface area contributed by atoms with E-state index in [-0.39, 0.29) is 5.41 Å². The van der Waals surface area contributed by atoms with E-state index in [0.717, 1.165) is 23.0 Å². The zero-order valence-electron chi connectivity index (χ0n) is 9.44. The number of hydrogen-bond acceptors (Lipinski definition) is 2. The summed E-state index contributed by atoms with van der Waals surface area (Å²) in [6.07, 6.45) is 2.78. The van der Waals surface area contributed by atoms with Crippen LogP contribution in [0.4, 0.5) is 0 Å². The minimum atomic E-state index is -0.244. The lowest BCUT2D eigenvalue weighted by Crippen LogP contribution is -2.05. The molecule has 3 heteroatoms. The first kappa shape index (κ1) is 9.41. The summed E-state index contributed by atoms with van der Waals surface area (Å²) in [6.45, 7) is 2.13. The Labute approximate surface area is 94.3 Å². The largest absolute Gasteiger partial charge is 0.334 e. The molecule has 1 heterocycles. The number of rotatable bonds is 1. The third-order valence-corrected chi connectivity index (χ3v) is 3.75. The molecule has 80 valence electrons. The Hall–Kier alpha value is -1.82. The van der Waals surface area contributed by atoms with Crippen molar-refractivity contribution in [2.75, 3.05) is 0 Å². The Balaban J connectivity index is 2.17. The van der Waals surface area contributed by atoms with E-state index in [1.807, 2.05) is 17.9 Å². The highest BCUT2D eigenvalue weighted by atomic mass is 15.0.